The average Bonchev–Trinajstić information content (AvgIpc) is 2.26. The summed E-state index contributed by atoms with van der Waals surface area (Å²) in [5.41, 5.74) is 6.35. The minimum absolute atomic E-state index is 0.423. The Hall–Kier alpha value is -0.740. The monoisotopic (exact) mass is 292 g/mol. The van der Waals surface area contributed by atoms with Gasteiger partial charge < -0.3 is 11.1 Å². The maximum atomic E-state index is 11.4. The van der Waals surface area contributed by atoms with E-state index in [1.54, 1.807) is 6.08 Å². The number of hydrogen-bond donors (Lipinski definition) is 2. The second-order valence-electron chi connectivity index (χ2n) is 3.27. The fourth-order valence-corrected chi connectivity index (χ4v) is 1.18. The fraction of sp³-hybridized carbons (Fsp3) is 0.182. The van der Waals surface area contributed by atoms with Gasteiger partial charge in [0.05, 0.1) is 0 Å². The van der Waals surface area contributed by atoms with Gasteiger partial charge in [-0.1, -0.05) is 65.1 Å². The summed E-state index contributed by atoms with van der Waals surface area (Å²) in [6.07, 6.45) is 1.91. The molecule has 17 heavy (non-hydrogen) atoms. The van der Waals surface area contributed by atoms with E-state index in [0.717, 1.165) is 5.56 Å². The largest absolute Gasteiger partial charge is 0.333 e. The molecule has 1 amide bonds. The van der Waals surface area contributed by atoms with Crippen LogP contribution in [-0.2, 0) is 4.79 Å². The molecule has 0 aliphatic heterocycles. The van der Waals surface area contributed by atoms with E-state index < -0.39 is 15.9 Å². The van der Waals surface area contributed by atoms with Crippen LogP contribution in [0.4, 0.5) is 0 Å². The number of carbonyl (C=O) groups excluding carboxylic acids is 1. The Morgan fingerprint density at radius 3 is 2.41 bits per heavy atom. The van der Waals surface area contributed by atoms with Crippen LogP contribution in [0.15, 0.2) is 36.4 Å². The minimum atomic E-state index is -1.73. The molecule has 0 heterocycles. The summed E-state index contributed by atoms with van der Waals surface area (Å²) in [5, 5.41) is 2.35. The lowest BCUT2D eigenvalue weighted by Crippen LogP contribution is -2.49. The summed E-state index contributed by atoms with van der Waals surface area (Å²) < 4.78 is -1.73. The number of benzene rings is 1. The van der Waals surface area contributed by atoms with E-state index >= 15 is 0 Å². The van der Waals surface area contributed by atoms with Gasteiger partial charge in [-0.2, -0.15) is 0 Å². The molecule has 0 aliphatic carbocycles. The third-order valence-electron chi connectivity index (χ3n) is 1.88. The van der Waals surface area contributed by atoms with Crippen LogP contribution in [-0.4, -0.2) is 15.9 Å². The lowest BCUT2D eigenvalue weighted by Gasteiger charge is -2.20. The van der Waals surface area contributed by atoms with E-state index in [2.05, 4.69) is 5.32 Å². The Bertz CT molecular complexity index is 401. The highest BCUT2D eigenvalue weighted by molar-refractivity contribution is 6.68. The van der Waals surface area contributed by atoms with Gasteiger partial charge in [0.15, 0.2) is 0 Å². The van der Waals surface area contributed by atoms with Crippen LogP contribution in [0.2, 0.25) is 0 Å². The Kier molecular flexibility index (Phi) is 5.28. The van der Waals surface area contributed by atoms with Gasteiger partial charge in [0.1, 0.15) is 6.17 Å². The average molecular weight is 294 g/mol. The summed E-state index contributed by atoms with van der Waals surface area (Å²) >= 11 is 16.5. The summed E-state index contributed by atoms with van der Waals surface area (Å²) in [6, 6.07) is 9.34. The first kappa shape index (κ1) is 14.3. The van der Waals surface area contributed by atoms with Crippen molar-refractivity contribution in [1.82, 2.24) is 5.32 Å². The highest BCUT2D eigenvalue weighted by atomic mass is 35.6. The summed E-state index contributed by atoms with van der Waals surface area (Å²) in [4.78, 5) is 11.4. The number of nitrogens with one attached hydrogen (secondary N) is 1. The molecule has 6 heteroatoms. The number of carbonyl (C=O) groups is 1. The molecular weight excluding hydrogens is 282 g/mol. The first-order valence-electron chi connectivity index (χ1n) is 4.75. The Balaban J connectivity index is 2.54. The highest BCUT2D eigenvalue weighted by Gasteiger charge is 2.29. The molecule has 0 saturated heterocycles. The van der Waals surface area contributed by atoms with Gasteiger partial charge in [-0.25, -0.2) is 0 Å². The molecule has 0 fully saturated rings. The van der Waals surface area contributed by atoms with Gasteiger partial charge in [-0.05, 0) is 11.6 Å². The van der Waals surface area contributed by atoms with Gasteiger partial charge in [-0.3, -0.25) is 4.79 Å². The van der Waals surface area contributed by atoms with Crippen LogP contribution in [0, 0.1) is 0 Å². The highest BCUT2D eigenvalue weighted by Crippen LogP contribution is 2.27. The Labute approximate surface area is 115 Å². The smallest absolute Gasteiger partial charge is 0.245 e. The van der Waals surface area contributed by atoms with Crippen molar-refractivity contribution < 1.29 is 4.79 Å². The number of nitrogens with two attached hydrogens (primary N) is 1. The molecule has 1 rings (SSSR count). The van der Waals surface area contributed by atoms with Gasteiger partial charge in [0.25, 0.3) is 0 Å². The fourth-order valence-electron chi connectivity index (χ4n) is 1.02. The molecule has 92 valence electrons. The number of amides is 1. The summed E-state index contributed by atoms with van der Waals surface area (Å²) in [5.74, 6) is -0.423. The van der Waals surface area contributed by atoms with Crippen LogP contribution in [0.25, 0.3) is 6.08 Å². The molecule has 0 bridgehead atoms. The van der Waals surface area contributed by atoms with E-state index in [0.29, 0.717) is 0 Å². The molecule has 0 saturated carbocycles. The van der Waals surface area contributed by atoms with Crippen molar-refractivity contribution in [2.75, 3.05) is 0 Å². The standard InChI is InChI=1S/C11H11Cl3N2O/c12-11(13,14)10(15)16-9(17)7-6-8-4-2-1-3-5-8/h1-7,10H,15H2,(H,16,17)/b7-6+. The van der Waals surface area contributed by atoms with Crippen LogP contribution in [0.1, 0.15) is 5.56 Å². The molecule has 3 nitrogen and oxygen atoms in total. The van der Waals surface area contributed by atoms with E-state index in [4.69, 9.17) is 40.5 Å². The van der Waals surface area contributed by atoms with Gasteiger partial charge in [-0.15, -0.1) is 0 Å². The first-order chi connectivity index (χ1) is 7.89. The zero-order valence-corrected chi connectivity index (χ0v) is 11.0. The minimum Gasteiger partial charge on any atom is -0.333 e. The molecule has 1 aromatic rings. The molecule has 0 aliphatic rings. The second-order valence-corrected chi connectivity index (χ2v) is 5.64. The van der Waals surface area contributed by atoms with Crippen molar-refractivity contribution in [3.05, 3.63) is 42.0 Å². The lowest BCUT2D eigenvalue weighted by atomic mass is 10.2. The van der Waals surface area contributed by atoms with E-state index in [-0.39, 0.29) is 0 Å². The summed E-state index contributed by atoms with van der Waals surface area (Å²) in [6.45, 7) is 0. The van der Waals surface area contributed by atoms with Gasteiger partial charge in [0, 0.05) is 6.08 Å². The van der Waals surface area contributed by atoms with Crippen molar-refractivity contribution >= 4 is 46.8 Å². The normalized spacial score (nSPS) is 13.6. The zero-order chi connectivity index (χ0) is 12.9. The molecule has 1 atom stereocenters. The van der Waals surface area contributed by atoms with Crippen LogP contribution >= 0.6 is 34.8 Å². The second kappa shape index (κ2) is 6.26. The van der Waals surface area contributed by atoms with Crippen LogP contribution in [0.5, 0.6) is 0 Å². The Morgan fingerprint density at radius 2 is 1.88 bits per heavy atom. The quantitative estimate of drug-likeness (QED) is 0.511. The maximum absolute atomic E-state index is 11.4. The topological polar surface area (TPSA) is 55.1 Å². The van der Waals surface area contributed by atoms with E-state index in [1.165, 1.54) is 6.08 Å². The Morgan fingerprint density at radius 1 is 1.29 bits per heavy atom. The first-order valence-corrected chi connectivity index (χ1v) is 5.89. The van der Waals surface area contributed by atoms with Crippen molar-refractivity contribution in [3.63, 3.8) is 0 Å². The third-order valence-corrected chi connectivity index (χ3v) is 2.58. The summed E-state index contributed by atoms with van der Waals surface area (Å²) in [7, 11) is 0. The van der Waals surface area contributed by atoms with E-state index in [9.17, 15) is 4.79 Å². The molecule has 3 N–H and O–H groups in total. The number of rotatable bonds is 3. The molecule has 0 spiro atoms. The zero-order valence-electron chi connectivity index (χ0n) is 8.74. The number of hydrogen-bond acceptors (Lipinski definition) is 2. The number of alkyl halides is 3. The SMILES string of the molecule is NC(NC(=O)/C=C/c1ccccc1)C(Cl)(Cl)Cl. The number of halogens is 3. The lowest BCUT2D eigenvalue weighted by molar-refractivity contribution is -0.117. The predicted molar refractivity (Wildman–Crippen MR) is 71.9 cm³/mol. The predicted octanol–water partition coefficient (Wildman–Crippen LogP) is 2.47. The van der Waals surface area contributed by atoms with Crippen molar-refractivity contribution in [1.29, 1.82) is 0 Å². The van der Waals surface area contributed by atoms with Gasteiger partial charge >= 0.3 is 0 Å². The third kappa shape index (κ3) is 5.41. The molecule has 1 unspecified atom stereocenters. The molecule has 0 radical (unpaired) electrons. The van der Waals surface area contributed by atoms with E-state index in [1.807, 2.05) is 30.3 Å². The maximum Gasteiger partial charge on any atom is 0.245 e. The van der Waals surface area contributed by atoms with Gasteiger partial charge in [0.2, 0.25) is 9.70 Å². The molecule has 0 aromatic heterocycles. The molecular formula is C11H11Cl3N2O. The van der Waals surface area contributed by atoms with Crippen molar-refractivity contribution in [2.24, 2.45) is 5.73 Å². The van der Waals surface area contributed by atoms with Crippen molar-refractivity contribution in [3.8, 4) is 0 Å². The van der Waals surface area contributed by atoms with Crippen LogP contribution < -0.4 is 11.1 Å². The molecule has 1 aromatic carbocycles. The van der Waals surface area contributed by atoms with Crippen molar-refractivity contribution in [2.45, 2.75) is 9.96 Å². The van der Waals surface area contributed by atoms with Crippen LogP contribution in [0.3, 0.4) is 0 Å².